The zero-order chi connectivity index (χ0) is 62.2. The molecule has 4 unspecified atom stereocenters. The van der Waals surface area contributed by atoms with Crippen molar-refractivity contribution in [3.8, 4) is 0 Å². The van der Waals surface area contributed by atoms with Crippen LogP contribution < -0.4 is 31.1 Å². The molecule has 17 heteroatoms. The number of alkyl halides is 2. The number of anilines is 2. The number of nitrogens with one attached hydrogen (secondary N) is 4. The van der Waals surface area contributed by atoms with Gasteiger partial charge in [0.05, 0.1) is 0 Å². The number of hydrogen-bond donors (Lipinski definition) is 4. The van der Waals surface area contributed by atoms with Gasteiger partial charge in [-0.05, 0) is 221 Å². The molecule has 8 amide bonds. The first-order valence-electron chi connectivity index (χ1n) is 32.4. The summed E-state index contributed by atoms with van der Waals surface area (Å²) in [7, 11) is 7.02. The molecule has 15 nitrogen and oxygen atoms in total. The van der Waals surface area contributed by atoms with Crippen LogP contribution >= 0.6 is 0 Å². The topological polar surface area (TPSA) is 176 Å². The second-order valence-electron chi connectivity index (χ2n) is 28.6. The van der Waals surface area contributed by atoms with Gasteiger partial charge in [0, 0.05) is 106 Å². The first kappa shape index (κ1) is 61.5. The van der Waals surface area contributed by atoms with E-state index in [4.69, 9.17) is 0 Å². The fraction of sp³-hybridized carbons (Fsp3) is 0.514. The summed E-state index contributed by atoms with van der Waals surface area (Å²) in [6.07, 6.45) is 18.4. The Labute approximate surface area is 522 Å². The van der Waals surface area contributed by atoms with Gasteiger partial charge in [-0.2, -0.15) is 0 Å². The Morgan fingerprint density at radius 1 is 0.494 bits per heavy atom. The number of aromatic nitrogens is 1. The van der Waals surface area contributed by atoms with Crippen molar-refractivity contribution in [2.24, 2.45) is 47.3 Å². The van der Waals surface area contributed by atoms with Crippen molar-refractivity contribution in [1.82, 2.24) is 36.1 Å². The second-order valence-corrected chi connectivity index (χ2v) is 28.6. The molecule has 12 aliphatic carbocycles. The van der Waals surface area contributed by atoms with Gasteiger partial charge in [0.1, 0.15) is 17.2 Å². The van der Waals surface area contributed by atoms with Gasteiger partial charge in [-0.15, -0.1) is 0 Å². The number of amides is 8. The molecule has 1 aromatic heterocycles. The number of rotatable bonds is 15. The van der Waals surface area contributed by atoms with Crippen LogP contribution in [-0.4, -0.2) is 108 Å². The zero-order valence-corrected chi connectivity index (χ0v) is 52.0. The van der Waals surface area contributed by atoms with Crippen molar-refractivity contribution in [1.29, 1.82) is 0 Å². The first-order chi connectivity index (χ1) is 42.7. The van der Waals surface area contributed by atoms with Gasteiger partial charge >= 0.3 is 12.1 Å². The van der Waals surface area contributed by atoms with Crippen LogP contribution in [0.3, 0.4) is 0 Å². The van der Waals surface area contributed by atoms with Crippen LogP contribution in [0.5, 0.6) is 0 Å². The number of benzene rings is 4. The predicted octanol–water partition coefficient (Wildman–Crippen LogP) is 12.2. The van der Waals surface area contributed by atoms with Crippen molar-refractivity contribution in [2.75, 3.05) is 38.0 Å². The molecule has 12 saturated carbocycles. The van der Waals surface area contributed by atoms with E-state index in [9.17, 15) is 33.2 Å². The summed E-state index contributed by atoms with van der Waals surface area (Å²) >= 11 is 0. The molecule has 17 rings (SSSR count). The van der Waals surface area contributed by atoms with E-state index >= 15 is 4.39 Å². The van der Waals surface area contributed by atoms with Crippen molar-refractivity contribution < 1.29 is 37.5 Å². The maximum Gasteiger partial charge on any atom is 0.325 e. The number of halogens is 2. The number of hydrogen-bond acceptors (Lipinski definition) is 7. The van der Waals surface area contributed by atoms with Crippen LogP contribution in [0.1, 0.15) is 157 Å². The Morgan fingerprint density at radius 3 is 1.34 bits per heavy atom. The molecule has 12 bridgehead atoms. The van der Waals surface area contributed by atoms with Crippen LogP contribution in [-0.2, 0) is 24.4 Å². The summed E-state index contributed by atoms with van der Waals surface area (Å²) in [6, 6.07) is 37.3. The highest BCUT2D eigenvalue weighted by Crippen LogP contribution is 2.60. The molecule has 4 atom stereocenters. The Kier molecular flexibility index (Phi) is 17.5. The SMILES string of the molecule is CN(Cc1ccc(C(=O)NC23CC4CC(CC(F)(C4)C2)C3)cc1)C(=O)N(C)c1ccccc1.CN(Cc1ccc(C(=O)NC2C3CC4CC(C3)CC2C4)cc1)C(=O)N(C)c1ccccn1.O=CNCc1ccc(C(=O)NC23CC4CC(CC(F)(C4)C2)C3)cc1. The summed E-state index contributed by atoms with van der Waals surface area (Å²) in [5, 5.41) is 12.4. The number of carbonyl (C=O) groups excluding carboxylic acids is 6. The number of carbonyl (C=O) groups is 6. The van der Waals surface area contributed by atoms with E-state index < -0.39 is 11.3 Å². The molecule has 12 aliphatic rings. The molecule has 4 N–H and O–H groups in total. The van der Waals surface area contributed by atoms with Crippen molar-refractivity contribution >= 4 is 47.7 Å². The highest BCUT2D eigenvalue weighted by molar-refractivity contribution is 5.96. The summed E-state index contributed by atoms with van der Waals surface area (Å²) in [5.41, 5.74) is 2.68. The molecule has 12 fully saturated rings. The summed E-state index contributed by atoms with van der Waals surface area (Å²) in [4.78, 5) is 85.1. The quantitative estimate of drug-likeness (QED) is 0.0754. The third kappa shape index (κ3) is 13.9. The normalized spacial score (nSPS) is 30.7. The summed E-state index contributed by atoms with van der Waals surface area (Å²) in [5.74, 6) is 5.21. The Balaban J connectivity index is 0.000000131. The number of nitrogens with zero attached hydrogens (tertiary/aromatic N) is 5. The largest absolute Gasteiger partial charge is 0.355 e. The Hall–Kier alpha value is -7.69. The smallest absolute Gasteiger partial charge is 0.325 e. The number of urea groups is 2. The van der Waals surface area contributed by atoms with Crippen molar-refractivity contribution in [2.45, 2.75) is 157 Å². The lowest BCUT2D eigenvalue weighted by Crippen LogP contribution is -2.64. The Morgan fingerprint density at radius 2 is 0.910 bits per heavy atom. The van der Waals surface area contributed by atoms with Gasteiger partial charge in [0.2, 0.25) is 6.41 Å². The molecule has 0 aliphatic heterocycles. The average molecular weight is 1210 g/mol. The molecule has 89 heavy (non-hydrogen) atoms. The average Bonchev–Trinajstić information content (AvgIpc) is 0.837. The Bertz CT molecular complexity index is 3320. The molecule has 5 aromatic rings. The lowest BCUT2D eigenvalue weighted by atomic mass is 9.51. The highest BCUT2D eigenvalue weighted by Gasteiger charge is 2.60. The molecular weight excluding hydrogens is 1120 g/mol. The van der Waals surface area contributed by atoms with Gasteiger partial charge in [0.15, 0.2) is 0 Å². The van der Waals surface area contributed by atoms with Gasteiger partial charge in [-0.25, -0.2) is 23.4 Å². The molecule has 0 radical (unpaired) electrons. The van der Waals surface area contributed by atoms with Crippen LogP contribution in [0.25, 0.3) is 0 Å². The predicted molar refractivity (Wildman–Crippen MR) is 339 cm³/mol. The van der Waals surface area contributed by atoms with E-state index in [-0.39, 0.29) is 40.9 Å². The maximum absolute atomic E-state index is 15.2. The molecule has 1 heterocycles. The third-order valence-corrected chi connectivity index (χ3v) is 21.5. The minimum atomic E-state index is -1.09. The standard InChI is InChI=1S/C27H32FN3O2.C26H32N4O2.C19H23FN2O2/c1-30(25(33)31(2)23-6-4-3-5-7-23)17-19-8-10-22(11-9-19)24(32)29-27-15-20-12-21(16-27)14-26(28,13-20)18-27;1-29(26(32)30(2)23-5-3-4-10-27-23)16-17-6-8-20(9-7-17)25(31)28-24-21-12-18-11-19(14-21)15-22(24)13-18;20-18-6-14-5-15(7-18)9-19(8-14,11-18)22-17(24)16-3-1-13(2-4-16)10-21-12-23/h3-11,20-21H,12-18H2,1-2H3,(H,29,32);3-10,18-19,21-22,24H,11-16H2,1-2H3,(H,28,31);1-4,12,14-15H,5-11H2,(H,21,23)(H,22,24). The molecule has 0 spiro atoms. The van der Waals surface area contributed by atoms with Gasteiger partial charge in [-0.1, -0.05) is 60.7 Å². The first-order valence-corrected chi connectivity index (χ1v) is 32.4. The lowest BCUT2D eigenvalue weighted by Gasteiger charge is -2.59. The van der Waals surface area contributed by atoms with Crippen molar-refractivity contribution in [3.05, 3.63) is 161 Å². The van der Waals surface area contributed by atoms with Crippen LogP contribution in [0.2, 0.25) is 0 Å². The molecular formula is C72H87F2N9O6. The number of para-hydroxylation sites is 1. The molecule has 4 aromatic carbocycles. The van der Waals surface area contributed by atoms with E-state index in [0.29, 0.717) is 129 Å². The lowest BCUT2D eigenvalue weighted by molar-refractivity contribution is -0.109. The fourth-order valence-corrected chi connectivity index (χ4v) is 18.7. The van der Waals surface area contributed by atoms with E-state index in [1.54, 1.807) is 73.4 Å². The van der Waals surface area contributed by atoms with Crippen LogP contribution in [0, 0.1) is 47.3 Å². The van der Waals surface area contributed by atoms with E-state index in [2.05, 4.69) is 26.3 Å². The second kappa shape index (κ2) is 25.3. The summed E-state index contributed by atoms with van der Waals surface area (Å²) in [6.45, 7) is 1.35. The van der Waals surface area contributed by atoms with E-state index in [0.717, 1.165) is 72.7 Å². The van der Waals surface area contributed by atoms with Crippen LogP contribution in [0.4, 0.5) is 29.9 Å². The van der Waals surface area contributed by atoms with Gasteiger partial charge in [-0.3, -0.25) is 29.0 Å². The zero-order valence-electron chi connectivity index (χ0n) is 52.0. The van der Waals surface area contributed by atoms with E-state index in [1.807, 2.05) is 97.1 Å². The van der Waals surface area contributed by atoms with Gasteiger partial charge < -0.3 is 31.1 Å². The van der Waals surface area contributed by atoms with E-state index in [1.165, 1.54) is 37.0 Å². The van der Waals surface area contributed by atoms with Crippen LogP contribution in [0.15, 0.2) is 128 Å². The maximum atomic E-state index is 15.2. The van der Waals surface area contributed by atoms with Crippen molar-refractivity contribution in [3.63, 3.8) is 0 Å². The monoisotopic (exact) mass is 1210 g/mol. The fourth-order valence-electron chi connectivity index (χ4n) is 18.7. The summed E-state index contributed by atoms with van der Waals surface area (Å²) < 4.78 is 30.2. The minimum Gasteiger partial charge on any atom is -0.355 e. The minimum absolute atomic E-state index is 0.0355. The molecule has 470 valence electrons. The molecule has 0 saturated heterocycles. The highest BCUT2D eigenvalue weighted by atomic mass is 19.1. The van der Waals surface area contributed by atoms with Gasteiger partial charge in [0.25, 0.3) is 17.7 Å². The third-order valence-electron chi connectivity index (χ3n) is 21.5. The number of pyridine rings is 1.